The van der Waals surface area contributed by atoms with Crippen LogP contribution >= 0.6 is 0 Å². The fourth-order valence-corrected chi connectivity index (χ4v) is 5.21. The van der Waals surface area contributed by atoms with E-state index in [2.05, 4.69) is 0 Å². The predicted octanol–water partition coefficient (Wildman–Crippen LogP) is 1.73. The molecule has 2 aliphatic rings. The van der Waals surface area contributed by atoms with Crippen LogP contribution in [0.3, 0.4) is 0 Å². The fourth-order valence-electron chi connectivity index (χ4n) is 4.03. The van der Waals surface area contributed by atoms with E-state index < -0.39 is 10.2 Å². The zero-order chi connectivity index (χ0) is 18.2. The van der Waals surface area contributed by atoms with Gasteiger partial charge < -0.3 is 4.90 Å². The summed E-state index contributed by atoms with van der Waals surface area (Å²) < 4.78 is 27.7. The Kier molecular flexibility index (Phi) is 5.18. The second kappa shape index (κ2) is 7.05. The molecule has 0 N–H and O–H groups in total. The van der Waals surface area contributed by atoms with Crippen molar-refractivity contribution in [2.45, 2.75) is 32.2 Å². The quantitative estimate of drug-likeness (QED) is 0.820. The number of carbonyl (C=O) groups excluding carboxylic acids is 1. The standard InChI is InChI=1S/C18H27N3O3S/c1-14-7-4-5-9-16(14)18(22)21-11-6-8-15-13-20(12-10-17(15)21)25(23,24)19(2)3/h4-5,7,9,15,17H,6,8,10-13H2,1-3H3/t15-,17+/m1/s1. The lowest BCUT2D eigenvalue weighted by molar-refractivity contribution is 0.0328. The number of nitrogens with zero attached hydrogens (tertiary/aromatic N) is 3. The highest BCUT2D eigenvalue weighted by molar-refractivity contribution is 7.86. The lowest BCUT2D eigenvalue weighted by Crippen LogP contribution is -2.57. The summed E-state index contributed by atoms with van der Waals surface area (Å²) in [5.74, 6) is 0.293. The Labute approximate surface area is 150 Å². The van der Waals surface area contributed by atoms with Gasteiger partial charge in [-0.3, -0.25) is 4.79 Å². The van der Waals surface area contributed by atoms with Gasteiger partial charge in [0.15, 0.2) is 0 Å². The topological polar surface area (TPSA) is 60.9 Å². The van der Waals surface area contributed by atoms with Crippen LogP contribution in [0.5, 0.6) is 0 Å². The van der Waals surface area contributed by atoms with Gasteiger partial charge in [-0.05, 0) is 43.7 Å². The number of rotatable bonds is 3. The molecule has 138 valence electrons. The molecular weight excluding hydrogens is 338 g/mol. The van der Waals surface area contributed by atoms with Crippen LogP contribution in [0.25, 0.3) is 0 Å². The Bertz CT molecular complexity index is 748. The van der Waals surface area contributed by atoms with Crippen molar-refractivity contribution in [2.24, 2.45) is 5.92 Å². The number of aryl methyl sites for hydroxylation is 1. The van der Waals surface area contributed by atoms with E-state index in [1.165, 1.54) is 4.31 Å². The number of amides is 1. The van der Waals surface area contributed by atoms with Crippen LogP contribution in [0.1, 0.15) is 35.2 Å². The third-order valence-electron chi connectivity index (χ3n) is 5.45. The van der Waals surface area contributed by atoms with Crippen LogP contribution in [-0.2, 0) is 10.2 Å². The van der Waals surface area contributed by atoms with Crippen molar-refractivity contribution >= 4 is 16.1 Å². The van der Waals surface area contributed by atoms with Gasteiger partial charge in [0.2, 0.25) is 0 Å². The minimum Gasteiger partial charge on any atom is -0.335 e. The maximum absolute atomic E-state index is 13.0. The lowest BCUT2D eigenvalue weighted by Gasteiger charge is -2.47. The molecule has 0 unspecified atom stereocenters. The molecule has 0 aliphatic carbocycles. The molecule has 2 aliphatic heterocycles. The summed E-state index contributed by atoms with van der Waals surface area (Å²) in [6, 6.07) is 7.81. The molecule has 3 rings (SSSR count). The SMILES string of the molecule is Cc1ccccc1C(=O)N1CCC[C@@H]2CN(S(=O)(=O)N(C)C)CC[C@@H]21. The van der Waals surface area contributed by atoms with E-state index in [1.807, 2.05) is 36.1 Å². The van der Waals surface area contributed by atoms with Crippen LogP contribution in [0, 0.1) is 12.8 Å². The van der Waals surface area contributed by atoms with E-state index in [0.29, 0.717) is 19.5 Å². The second-order valence-electron chi connectivity index (χ2n) is 7.22. The molecule has 2 saturated heterocycles. The largest absolute Gasteiger partial charge is 0.335 e. The van der Waals surface area contributed by atoms with Gasteiger partial charge in [0.1, 0.15) is 0 Å². The van der Waals surface area contributed by atoms with Crippen LogP contribution in [-0.4, -0.2) is 67.6 Å². The molecule has 1 aromatic carbocycles. The van der Waals surface area contributed by atoms with Gasteiger partial charge >= 0.3 is 0 Å². The number of carbonyl (C=O) groups is 1. The number of hydrogen-bond donors (Lipinski definition) is 0. The van der Waals surface area contributed by atoms with Gasteiger partial charge in [-0.25, -0.2) is 0 Å². The first-order valence-corrected chi connectivity index (χ1v) is 10.3. The molecule has 7 heteroatoms. The molecule has 0 bridgehead atoms. The number of piperidine rings is 2. The van der Waals surface area contributed by atoms with Gasteiger partial charge in [-0.2, -0.15) is 17.0 Å². The van der Waals surface area contributed by atoms with Gasteiger partial charge in [0.05, 0.1) is 0 Å². The summed E-state index contributed by atoms with van der Waals surface area (Å²) in [5, 5.41) is 0. The Morgan fingerprint density at radius 3 is 2.56 bits per heavy atom. The summed E-state index contributed by atoms with van der Waals surface area (Å²) in [6.45, 7) is 3.69. The maximum atomic E-state index is 13.0. The van der Waals surface area contributed by atoms with E-state index >= 15 is 0 Å². The molecule has 0 radical (unpaired) electrons. The zero-order valence-electron chi connectivity index (χ0n) is 15.2. The lowest BCUT2D eigenvalue weighted by atomic mass is 9.84. The van der Waals surface area contributed by atoms with E-state index in [-0.39, 0.29) is 17.9 Å². The molecule has 0 aromatic heterocycles. The molecular formula is C18H27N3O3S. The first-order chi connectivity index (χ1) is 11.8. The average molecular weight is 365 g/mol. The third kappa shape index (κ3) is 3.45. The Balaban J connectivity index is 1.78. The molecule has 0 spiro atoms. The molecule has 0 saturated carbocycles. The van der Waals surface area contributed by atoms with Gasteiger partial charge in [0, 0.05) is 45.3 Å². The number of hydrogen-bond acceptors (Lipinski definition) is 3. The smallest absolute Gasteiger partial charge is 0.281 e. The van der Waals surface area contributed by atoms with E-state index in [9.17, 15) is 13.2 Å². The second-order valence-corrected chi connectivity index (χ2v) is 9.36. The van der Waals surface area contributed by atoms with Gasteiger partial charge in [-0.1, -0.05) is 18.2 Å². The van der Waals surface area contributed by atoms with Crippen LogP contribution in [0.15, 0.2) is 24.3 Å². The van der Waals surface area contributed by atoms with Crippen molar-refractivity contribution in [2.75, 3.05) is 33.7 Å². The molecule has 6 nitrogen and oxygen atoms in total. The van der Waals surface area contributed by atoms with E-state index in [0.717, 1.165) is 30.5 Å². The summed E-state index contributed by atoms with van der Waals surface area (Å²) in [4.78, 5) is 15.0. The Hall–Kier alpha value is -1.44. The zero-order valence-corrected chi connectivity index (χ0v) is 16.0. The van der Waals surface area contributed by atoms with Crippen LogP contribution in [0.2, 0.25) is 0 Å². The highest BCUT2D eigenvalue weighted by atomic mass is 32.2. The van der Waals surface area contributed by atoms with Gasteiger partial charge in [-0.15, -0.1) is 0 Å². The van der Waals surface area contributed by atoms with Crippen molar-refractivity contribution in [3.63, 3.8) is 0 Å². The van der Waals surface area contributed by atoms with Crippen molar-refractivity contribution in [3.8, 4) is 0 Å². The fraction of sp³-hybridized carbons (Fsp3) is 0.611. The van der Waals surface area contributed by atoms with Crippen molar-refractivity contribution < 1.29 is 13.2 Å². The molecule has 1 amide bonds. The molecule has 2 atom stereocenters. The van der Waals surface area contributed by atoms with Crippen molar-refractivity contribution in [1.82, 2.24) is 13.5 Å². The van der Waals surface area contributed by atoms with Crippen LogP contribution < -0.4 is 0 Å². The maximum Gasteiger partial charge on any atom is 0.281 e. The number of fused-ring (bicyclic) bond motifs is 1. The van der Waals surface area contributed by atoms with Crippen molar-refractivity contribution in [3.05, 3.63) is 35.4 Å². The normalized spacial score (nSPS) is 25.0. The predicted molar refractivity (Wildman–Crippen MR) is 97.5 cm³/mol. The third-order valence-corrected chi connectivity index (χ3v) is 7.36. The minimum absolute atomic E-state index is 0.0803. The summed E-state index contributed by atoms with van der Waals surface area (Å²) in [5.41, 5.74) is 1.74. The summed E-state index contributed by atoms with van der Waals surface area (Å²) >= 11 is 0. The molecule has 1 aromatic rings. The average Bonchev–Trinajstić information content (AvgIpc) is 2.60. The number of benzene rings is 1. The first kappa shape index (κ1) is 18.4. The Morgan fingerprint density at radius 2 is 1.88 bits per heavy atom. The summed E-state index contributed by atoms with van der Waals surface area (Å²) in [6.07, 6.45) is 2.60. The van der Waals surface area contributed by atoms with E-state index in [1.54, 1.807) is 18.4 Å². The number of likely N-dealkylation sites (tertiary alicyclic amines) is 1. The van der Waals surface area contributed by atoms with Crippen molar-refractivity contribution in [1.29, 1.82) is 0 Å². The molecule has 2 fully saturated rings. The molecule has 2 heterocycles. The molecule has 25 heavy (non-hydrogen) atoms. The van der Waals surface area contributed by atoms with E-state index in [4.69, 9.17) is 0 Å². The van der Waals surface area contributed by atoms with Gasteiger partial charge in [0.25, 0.3) is 16.1 Å². The van der Waals surface area contributed by atoms with Crippen LogP contribution in [0.4, 0.5) is 0 Å². The highest BCUT2D eigenvalue weighted by Gasteiger charge is 2.41. The highest BCUT2D eigenvalue weighted by Crippen LogP contribution is 2.33. The Morgan fingerprint density at radius 1 is 1.16 bits per heavy atom. The monoisotopic (exact) mass is 365 g/mol. The summed E-state index contributed by atoms with van der Waals surface area (Å²) in [7, 11) is -0.252. The minimum atomic E-state index is -3.38. The first-order valence-electron chi connectivity index (χ1n) is 8.86.